The quantitative estimate of drug-likeness (QED) is 0.591. The average Bonchev–Trinajstić information content (AvgIpc) is 3.03. The number of rotatable bonds is 9. The Morgan fingerprint density at radius 2 is 1.52 bits per heavy atom. The highest BCUT2D eigenvalue weighted by molar-refractivity contribution is 5.79. The summed E-state index contributed by atoms with van der Waals surface area (Å²) >= 11 is 0. The molecule has 0 spiro atoms. The summed E-state index contributed by atoms with van der Waals surface area (Å²) in [5.74, 6) is -0.525. The first kappa shape index (κ1) is 19.5. The Bertz CT molecular complexity index is 727. The number of carbonyl (C=O) groups excluding carboxylic acids is 1. The molecule has 1 aliphatic rings. The van der Waals surface area contributed by atoms with Gasteiger partial charge in [-0.1, -0.05) is 55.0 Å². The maximum absolute atomic E-state index is 12.3. The molecule has 1 aliphatic carbocycles. The lowest BCUT2D eigenvalue weighted by Crippen LogP contribution is -2.33. The zero-order valence-corrected chi connectivity index (χ0v) is 15.4. The van der Waals surface area contributed by atoms with Crippen LogP contribution in [0.25, 0.3) is 11.1 Å². The molecule has 0 saturated heterocycles. The van der Waals surface area contributed by atoms with Crippen LogP contribution in [0.5, 0.6) is 0 Å². The summed E-state index contributed by atoms with van der Waals surface area (Å²) in [5, 5.41) is 18.2. The average molecular weight is 369 g/mol. The number of aliphatic hydroxyl groups is 2. The number of esters is 1. The van der Waals surface area contributed by atoms with Gasteiger partial charge in [0.05, 0.1) is 0 Å². The van der Waals surface area contributed by atoms with Crippen LogP contribution in [0.4, 0.5) is 0 Å². The molecule has 3 rings (SSSR count). The van der Waals surface area contributed by atoms with Gasteiger partial charge in [-0.15, -0.1) is 0 Å². The Morgan fingerprint density at radius 1 is 0.963 bits per heavy atom. The zero-order chi connectivity index (χ0) is 19.2. The van der Waals surface area contributed by atoms with Crippen molar-refractivity contribution < 1.29 is 19.7 Å². The molecule has 0 amide bonds. The Morgan fingerprint density at radius 3 is 2.07 bits per heavy atom. The minimum absolute atomic E-state index is 0.0294. The van der Waals surface area contributed by atoms with Gasteiger partial charge in [0, 0.05) is 25.0 Å². The predicted molar refractivity (Wildman–Crippen MR) is 104 cm³/mol. The molecule has 2 aromatic rings. The first-order valence-corrected chi connectivity index (χ1v) is 9.47. The lowest BCUT2D eigenvalue weighted by molar-refractivity contribution is -0.145. The summed E-state index contributed by atoms with van der Waals surface area (Å²) in [7, 11) is 0. The maximum Gasteiger partial charge on any atom is 0.322 e. The zero-order valence-electron chi connectivity index (χ0n) is 15.4. The number of aliphatic hydroxyl groups excluding tert-OH is 2. The van der Waals surface area contributed by atoms with E-state index in [4.69, 9.17) is 20.7 Å². The minimum Gasteiger partial charge on any atom is -0.464 e. The molecule has 1 atom stereocenters. The Hall–Kier alpha value is -2.21. The molecule has 144 valence electrons. The van der Waals surface area contributed by atoms with Gasteiger partial charge < -0.3 is 20.7 Å². The van der Waals surface area contributed by atoms with Crippen LogP contribution < -0.4 is 5.73 Å². The van der Waals surface area contributed by atoms with E-state index in [0.717, 1.165) is 0 Å². The number of ether oxygens (including phenoxy) is 1. The van der Waals surface area contributed by atoms with Crippen molar-refractivity contribution in [1.29, 1.82) is 0 Å². The molecule has 0 radical (unpaired) electrons. The number of hydrogen-bond acceptors (Lipinski definition) is 5. The fourth-order valence-corrected chi connectivity index (χ4v) is 3.70. The molecule has 0 fully saturated rings. The molecule has 0 heterocycles. The monoisotopic (exact) mass is 369 g/mol. The van der Waals surface area contributed by atoms with Crippen molar-refractivity contribution >= 4 is 5.97 Å². The van der Waals surface area contributed by atoms with Crippen molar-refractivity contribution in [3.63, 3.8) is 0 Å². The molecule has 2 aromatic carbocycles. The molecular formula is C22H27NO4. The van der Waals surface area contributed by atoms with Crippen LogP contribution in [-0.4, -0.2) is 42.0 Å². The third-order valence-corrected chi connectivity index (χ3v) is 5.30. The van der Waals surface area contributed by atoms with Gasteiger partial charge in [0.15, 0.2) is 0 Å². The summed E-state index contributed by atoms with van der Waals surface area (Å²) in [6.45, 7) is 0.157. The van der Waals surface area contributed by atoms with Crippen LogP contribution in [0.15, 0.2) is 48.5 Å². The molecule has 1 unspecified atom stereocenters. The van der Waals surface area contributed by atoms with E-state index in [1.54, 1.807) is 0 Å². The first-order valence-electron chi connectivity index (χ1n) is 9.47. The van der Waals surface area contributed by atoms with Gasteiger partial charge in [-0.05, 0) is 35.1 Å². The number of carbonyl (C=O) groups is 1. The second kappa shape index (κ2) is 9.13. The molecule has 5 nitrogen and oxygen atoms in total. The molecule has 27 heavy (non-hydrogen) atoms. The highest BCUT2D eigenvalue weighted by atomic mass is 16.5. The summed E-state index contributed by atoms with van der Waals surface area (Å²) in [5.41, 5.74) is 10.7. The first-order chi connectivity index (χ1) is 13.2. The van der Waals surface area contributed by atoms with Crippen molar-refractivity contribution in [3.05, 3.63) is 59.7 Å². The Kier molecular flexibility index (Phi) is 6.61. The van der Waals surface area contributed by atoms with Crippen molar-refractivity contribution in [2.24, 2.45) is 11.7 Å². The van der Waals surface area contributed by atoms with E-state index >= 15 is 0 Å². The minimum atomic E-state index is -0.685. The second-order valence-electron chi connectivity index (χ2n) is 7.13. The molecular weight excluding hydrogens is 342 g/mol. The molecule has 0 saturated carbocycles. The topological polar surface area (TPSA) is 92.8 Å². The third-order valence-electron chi connectivity index (χ3n) is 5.30. The number of benzene rings is 2. The van der Waals surface area contributed by atoms with E-state index in [1.165, 1.54) is 22.3 Å². The van der Waals surface area contributed by atoms with Crippen molar-refractivity contribution in [2.45, 2.75) is 31.2 Å². The number of nitrogens with two attached hydrogens (primary N) is 1. The van der Waals surface area contributed by atoms with Crippen LogP contribution in [0.3, 0.4) is 0 Å². The van der Waals surface area contributed by atoms with E-state index in [0.29, 0.717) is 19.3 Å². The van der Waals surface area contributed by atoms with E-state index in [9.17, 15) is 4.79 Å². The molecule has 4 N–H and O–H groups in total. The third kappa shape index (κ3) is 4.38. The highest BCUT2D eigenvalue weighted by Crippen LogP contribution is 2.44. The van der Waals surface area contributed by atoms with Gasteiger partial charge in [-0.2, -0.15) is 0 Å². The fraction of sp³-hybridized carbons (Fsp3) is 0.409. The van der Waals surface area contributed by atoms with Crippen LogP contribution in [-0.2, 0) is 9.53 Å². The Balaban J connectivity index is 1.57. The largest absolute Gasteiger partial charge is 0.464 e. The normalized spacial score (nSPS) is 14.1. The van der Waals surface area contributed by atoms with E-state index < -0.39 is 12.0 Å². The summed E-state index contributed by atoms with van der Waals surface area (Å²) < 4.78 is 5.55. The van der Waals surface area contributed by atoms with Crippen molar-refractivity contribution in [1.82, 2.24) is 0 Å². The number of fused-ring (bicyclic) bond motifs is 3. The highest BCUT2D eigenvalue weighted by Gasteiger charge is 2.29. The van der Waals surface area contributed by atoms with Gasteiger partial charge in [0.25, 0.3) is 0 Å². The van der Waals surface area contributed by atoms with E-state index in [2.05, 4.69) is 24.3 Å². The smallest absolute Gasteiger partial charge is 0.322 e. The van der Waals surface area contributed by atoms with Crippen LogP contribution >= 0.6 is 0 Å². The lowest BCUT2D eigenvalue weighted by atomic mass is 9.98. The molecule has 5 heteroatoms. The van der Waals surface area contributed by atoms with Gasteiger partial charge in [0.1, 0.15) is 12.6 Å². The molecule has 0 aliphatic heterocycles. The van der Waals surface area contributed by atoms with Gasteiger partial charge in [-0.3, -0.25) is 4.79 Å². The second-order valence-corrected chi connectivity index (χ2v) is 7.13. The molecule has 0 bridgehead atoms. The van der Waals surface area contributed by atoms with Gasteiger partial charge >= 0.3 is 5.97 Å². The summed E-state index contributed by atoms with van der Waals surface area (Å²) in [4.78, 5) is 12.3. The van der Waals surface area contributed by atoms with Crippen molar-refractivity contribution in [3.8, 4) is 11.1 Å². The van der Waals surface area contributed by atoms with Crippen LogP contribution in [0.1, 0.15) is 36.3 Å². The Labute approximate surface area is 159 Å². The molecule has 0 aromatic heterocycles. The fourth-order valence-electron chi connectivity index (χ4n) is 3.70. The summed E-state index contributed by atoms with van der Waals surface area (Å²) in [6.07, 6.45) is 1.78. The number of hydrogen-bond donors (Lipinski definition) is 3. The summed E-state index contributed by atoms with van der Waals surface area (Å²) in [6, 6.07) is 15.7. The van der Waals surface area contributed by atoms with E-state index in [-0.39, 0.29) is 31.7 Å². The van der Waals surface area contributed by atoms with Crippen LogP contribution in [0, 0.1) is 5.92 Å². The predicted octanol–water partition coefficient (Wildman–Crippen LogP) is 2.44. The van der Waals surface area contributed by atoms with Gasteiger partial charge in [-0.25, -0.2) is 0 Å². The maximum atomic E-state index is 12.3. The van der Waals surface area contributed by atoms with E-state index in [1.807, 2.05) is 24.3 Å². The van der Waals surface area contributed by atoms with Gasteiger partial charge in [0.2, 0.25) is 0 Å². The van der Waals surface area contributed by atoms with Crippen LogP contribution in [0.2, 0.25) is 0 Å². The van der Waals surface area contributed by atoms with Crippen molar-refractivity contribution in [2.75, 3.05) is 19.8 Å². The standard InChI is InChI=1S/C22H27NO4/c23-21(11-5-6-15(12-24)13-25)22(26)27-14-20-18-9-3-1-7-16(18)17-8-2-4-10-19(17)20/h1-4,7-10,15,20-21,24-25H,5-6,11-14,23H2. The lowest BCUT2D eigenvalue weighted by Gasteiger charge is -2.17. The SMILES string of the molecule is NC(CCCC(CO)CO)C(=O)OCC1c2ccccc2-c2ccccc21.